The fraction of sp³-hybridized carbons (Fsp3) is 0.290. The SMILES string of the molecule is CN1[C@H](C2CCCCC2)CN(c2ccccc2)c2cc(Cl)c(-c3cc(C(=O)O)c4ncccc4c3)cc2S1(=O)=O. The molecular formula is C31H30ClN3O4S. The number of para-hydroxylation sites is 1. The lowest BCUT2D eigenvalue weighted by atomic mass is 9.83. The van der Waals surface area contributed by atoms with Crippen LogP contribution in [0.1, 0.15) is 42.5 Å². The monoisotopic (exact) mass is 575 g/mol. The number of pyridine rings is 1. The van der Waals surface area contributed by atoms with Crippen LogP contribution in [-0.2, 0) is 10.0 Å². The first kappa shape index (κ1) is 26.7. The van der Waals surface area contributed by atoms with Crippen LogP contribution < -0.4 is 4.90 Å². The number of hydrogen-bond donors (Lipinski definition) is 1. The van der Waals surface area contributed by atoms with Crippen molar-refractivity contribution < 1.29 is 18.3 Å². The van der Waals surface area contributed by atoms with Gasteiger partial charge in [-0.3, -0.25) is 4.98 Å². The van der Waals surface area contributed by atoms with E-state index in [0.717, 1.165) is 31.4 Å². The van der Waals surface area contributed by atoms with Gasteiger partial charge in [0.25, 0.3) is 0 Å². The normalized spacial score (nSPS) is 19.8. The second-order valence-corrected chi connectivity index (χ2v) is 13.0. The molecule has 1 aliphatic carbocycles. The molecule has 0 unspecified atom stereocenters. The minimum atomic E-state index is -3.91. The number of aromatic nitrogens is 1. The topological polar surface area (TPSA) is 90.8 Å². The van der Waals surface area contributed by atoms with Gasteiger partial charge in [0, 0.05) is 42.5 Å². The lowest BCUT2D eigenvalue weighted by Crippen LogP contribution is -2.46. The minimum Gasteiger partial charge on any atom is -0.478 e. The summed E-state index contributed by atoms with van der Waals surface area (Å²) in [4.78, 5) is 18.6. The number of sulfonamides is 1. The van der Waals surface area contributed by atoms with Gasteiger partial charge in [-0.1, -0.05) is 55.1 Å². The number of carbonyl (C=O) groups is 1. The number of likely N-dealkylation sites (N-methyl/N-ethyl adjacent to an activating group) is 1. The molecule has 2 heterocycles. The Kier molecular flexibility index (Phi) is 7.02. The molecule has 0 saturated heterocycles. The zero-order valence-corrected chi connectivity index (χ0v) is 23.7. The van der Waals surface area contributed by atoms with Gasteiger partial charge in [-0.05, 0) is 66.8 Å². The Labute approximate surface area is 239 Å². The number of aromatic carboxylic acids is 1. The molecule has 1 aliphatic heterocycles. The molecule has 1 fully saturated rings. The van der Waals surface area contributed by atoms with E-state index in [4.69, 9.17) is 11.6 Å². The average molecular weight is 576 g/mol. The van der Waals surface area contributed by atoms with Crippen LogP contribution in [0.25, 0.3) is 22.0 Å². The molecule has 1 atom stereocenters. The third-order valence-corrected chi connectivity index (χ3v) is 10.6. The molecule has 6 rings (SSSR count). The molecule has 40 heavy (non-hydrogen) atoms. The molecule has 1 N–H and O–H groups in total. The highest BCUT2D eigenvalue weighted by atomic mass is 35.5. The molecule has 0 bridgehead atoms. The Balaban J connectivity index is 1.57. The van der Waals surface area contributed by atoms with Crippen LogP contribution >= 0.6 is 11.6 Å². The second-order valence-electron chi connectivity index (χ2n) is 10.6. The molecular weight excluding hydrogens is 546 g/mol. The van der Waals surface area contributed by atoms with Crippen molar-refractivity contribution in [3.63, 3.8) is 0 Å². The number of nitrogens with zero attached hydrogens (tertiary/aromatic N) is 3. The molecule has 0 radical (unpaired) electrons. The predicted molar refractivity (Wildman–Crippen MR) is 158 cm³/mol. The third-order valence-electron chi connectivity index (χ3n) is 8.34. The molecule has 2 aliphatic rings. The lowest BCUT2D eigenvalue weighted by Gasteiger charge is -2.36. The van der Waals surface area contributed by atoms with E-state index in [1.54, 1.807) is 47.9 Å². The Morgan fingerprint density at radius 1 is 1.00 bits per heavy atom. The zero-order valence-electron chi connectivity index (χ0n) is 22.1. The van der Waals surface area contributed by atoms with Crippen molar-refractivity contribution in [1.29, 1.82) is 0 Å². The van der Waals surface area contributed by atoms with E-state index in [-0.39, 0.29) is 22.4 Å². The second kappa shape index (κ2) is 10.5. The van der Waals surface area contributed by atoms with Gasteiger partial charge in [0.05, 0.1) is 21.8 Å². The summed E-state index contributed by atoms with van der Waals surface area (Å²) in [6.45, 7) is 0.512. The first-order valence-electron chi connectivity index (χ1n) is 13.5. The minimum absolute atomic E-state index is 0.0300. The van der Waals surface area contributed by atoms with Crippen LogP contribution in [0, 0.1) is 5.92 Å². The highest BCUT2D eigenvalue weighted by Crippen LogP contribution is 2.45. The van der Waals surface area contributed by atoms with Gasteiger partial charge in [0.15, 0.2) is 0 Å². The summed E-state index contributed by atoms with van der Waals surface area (Å²) in [6, 6.07) is 19.7. The Morgan fingerprint density at radius 2 is 1.75 bits per heavy atom. The van der Waals surface area contributed by atoms with Gasteiger partial charge in [0.2, 0.25) is 10.0 Å². The van der Waals surface area contributed by atoms with Crippen molar-refractivity contribution in [1.82, 2.24) is 9.29 Å². The molecule has 1 aromatic heterocycles. The summed E-state index contributed by atoms with van der Waals surface area (Å²) < 4.78 is 30.1. The molecule has 3 aromatic carbocycles. The number of hydrogen-bond acceptors (Lipinski definition) is 5. The van der Waals surface area contributed by atoms with Crippen molar-refractivity contribution in [2.24, 2.45) is 5.92 Å². The van der Waals surface area contributed by atoms with Crippen LogP contribution in [0.5, 0.6) is 0 Å². The van der Waals surface area contributed by atoms with E-state index in [0.29, 0.717) is 39.3 Å². The largest absolute Gasteiger partial charge is 0.478 e. The molecule has 9 heteroatoms. The van der Waals surface area contributed by atoms with Crippen LogP contribution in [0.2, 0.25) is 5.02 Å². The average Bonchev–Trinajstić information content (AvgIpc) is 3.05. The summed E-state index contributed by atoms with van der Waals surface area (Å²) in [5.74, 6) is -0.857. The fourth-order valence-electron chi connectivity index (χ4n) is 6.24. The van der Waals surface area contributed by atoms with Crippen LogP contribution in [-0.4, -0.2) is 48.4 Å². The van der Waals surface area contributed by atoms with E-state index in [2.05, 4.69) is 9.88 Å². The van der Waals surface area contributed by atoms with Crippen molar-refractivity contribution in [2.75, 3.05) is 18.5 Å². The summed E-state index contributed by atoms with van der Waals surface area (Å²) in [5, 5.41) is 10.9. The number of rotatable bonds is 4. The summed E-state index contributed by atoms with van der Waals surface area (Å²) in [5.41, 5.74) is 2.78. The quantitative estimate of drug-likeness (QED) is 0.282. The summed E-state index contributed by atoms with van der Waals surface area (Å²) >= 11 is 6.90. The Bertz CT molecular complexity index is 1710. The van der Waals surface area contributed by atoms with Crippen molar-refractivity contribution in [3.05, 3.63) is 83.5 Å². The van der Waals surface area contributed by atoms with Gasteiger partial charge in [-0.2, -0.15) is 4.31 Å². The van der Waals surface area contributed by atoms with E-state index in [1.165, 1.54) is 12.5 Å². The lowest BCUT2D eigenvalue weighted by molar-refractivity contribution is 0.0699. The molecule has 4 aromatic rings. The van der Waals surface area contributed by atoms with Gasteiger partial charge < -0.3 is 10.0 Å². The van der Waals surface area contributed by atoms with Gasteiger partial charge in [-0.25, -0.2) is 13.2 Å². The summed E-state index contributed by atoms with van der Waals surface area (Å²) in [6.07, 6.45) is 6.93. The molecule has 206 valence electrons. The van der Waals surface area contributed by atoms with Crippen molar-refractivity contribution in [2.45, 2.75) is 43.0 Å². The number of halogens is 1. The Hall–Kier alpha value is -3.46. The van der Waals surface area contributed by atoms with Gasteiger partial charge in [-0.15, -0.1) is 0 Å². The van der Waals surface area contributed by atoms with Crippen molar-refractivity contribution in [3.8, 4) is 11.1 Å². The maximum absolute atomic E-state index is 14.3. The number of carboxylic acids is 1. The van der Waals surface area contributed by atoms with Crippen LogP contribution in [0.15, 0.2) is 77.8 Å². The zero-order chi connectivity index (χ0) is 28.0. The van der Waals surface area contributed by atoms with E-state index >= 15 is 0 Å². The van der Waals surface area contributed by atoms with Gasteiger partial charge >= 0.3 is 5.97 Å². The highest BCUT2D eigenvalue weighted by Gasteiger charge is 2.41. The first-order chi connectivity index (χ1) is 19.3. The van der Waals surface area contributed by atoms with E-state index < -0.39 is 16.0 Å². The van der Waals surface area contributed by atoms with E-state index in [1.807, 2.05) is 30.3 Å². The van der Waals surface area contributed by atoms with Crippen LogP contribution in [0.4, 0.5) is 11.4 Å². The molecule has 1 saturated carbocycles. The number of benzene rings is 3. The van der Waals surface area contributed by atoms with Crippen molar-refractivity contribution >= 4 is 49.9 Å². The first-order valence-corrected chi connectivity index (χ1v) is 15.3. The highest BCUT2D eigenvalue weighted by molar-refractivity contribution is 7.89. The Morgan fingerprint density at radius 3 is 2.48 bits per heavy atom. The third kappa shape index (κ3) is 4.64. The fourth-order valence-corrected chi connectivity index (χ4v) is 8.12. The molecule has 0 amide bonds. The molecule has 7 nitrogen and oxygen atoms in total. The molecule has 0 spiro atoms. The summed E-state index contributed by atoms with van der Waals surface area (Å²) in [7, 11) is -2.22. The standard InChI is InChI=1S/C31H30ClN3O4S/c1-34-28(20-9-4-2-5-10-20)19-35(23-12-6-3-7-13-23)27-18-26(32)24(17-29(27)40(34,38)39)22-15-21-11-8-14-33-30(21)25(16-22)31(36)37/h3,6-8,11-18,20,28H,2,4-5,9-10,19H2,1H3,(H,36,37)/t28-/m0/s1. The van der Waals surface area contributed by atoms with Gasteiger partial charge in [0.1, 0.15) is 4.90 Å². The van der Waals surface area contributed by atoms with E-state index in [9.17, 15) is 18.3 Å². The number of carboxylic acid groups (broad SMARTS) is 1. The maximum atomic E-state index is 14.3. The smallest absolute Gasteiger partial charge is 0.337 e. The maximum Gasteiger partial charge on any atom is 0.337 e. The number of fused-ring (bicyclic) bond motifs is 2. The number of anilines is 2. The van der Waals surface area contributed by atoms with Crippen LogP contribution in [0.3, 0.4) is 0 Å². The predicted octanol–water partition coefficient (Wildman–Crippen LogP) is 6.97.